The van der Waals surface area contributed by atoms with Gasteiger partial charge in [-0.1, -0.05) is 6.07 Å². The van der Waals surface area contributed by atoms with Crippen molar-refractivity contribution in [3.05, 3.63) is 51.7 Å². The van der Waals surface area contributed by atoms with Crippen LogP contribution in [0, 0.1) is 12.7 Å². The number of piperazine rings is 1. The van der Waals surface area contributed by atoms with Crippen LogP contribution in [0.25, 0.3) is 0 Å². The van der Waals surface area contributed by atoms with Crippen molar-refractivity contribution in [1.29, 1.82) is 0 Å². The number of fused-ring (bicyclic) bond motifs is 3. The molecule has 9 heteroatoms. The molecule has 1 saturated heterocycles. The molecule has 1 aliphatic carbocycles. The van der Waals surface area contributed by atoms with Gasteiger partial charge >= 0.3 is 5.69 Å². The lowest BCUT2D eigenvalue weighted by Gasteiger charge is -2.39. The molecule has 1 saturated carbocycles. The Balaban J connectivity index is 1.31. The first-order valence-electron chi connectivity index (χ1n) is 10.2. The molecule has 1 aromatic heterocycles. The van der Waals surface area contributed by atoms with Crippen molar-refractivity contribution in [3.63, 3.8) is 0 Å². The van der Waals surface area contributed by atoms with E-state index in [1.807, 2.05) is 4.90 Å². The molecule has 0 radical (unpaired) electrons. The van der Waals surface area contributed by atoms with Crippen molar-refractivity contribution in [2.75, 3.05) is 24.5 Å². The summed E-state index contributed by atoms with van der Waals surface area (Å²) in [6.45, 7) is 4.13. The quantitative estimate of drug-likeness (QED) is 0.797. The minimum absolute atomic E-state index is 0.0159. The van der Waals surface area contributed by atoms with E-state index in [9.17, 15) is 14.0 Å². The number of aryl methyl sites for hydroxylation is 1. The van der Waals surface area contributed by atoms with Gasteiger partial charge in [-0.05, 0) is 43.0 Å². The van der Waals surface area contributed by atoms with Crippen LogP contribution in [0.2, 0.25) is 0 Å². The Labute approximate surface area is 173 Å². The number of amides is 1. The van der Waals surface area contributed by atoms with Gasteiger partial charge in [-0.25, -0.2) is 9.18 Å². The van der Waals surface area contributed by atoms with Crippen LogP contribution in [0.3, 0.4) is 0 Å². The molecule has 2 N–H and O–H groups in total. The number of ether oxygens (including phenoxy) is 1. The lowest BCUT2D eigenvalue weighted by atomic mass is 10.1. The van der Waals surface area contributed by atoms with Crippen LogP contribution in [0.15, 0.2) is 29.1 Å². The van der Waals surface area contributed by atoms with Crippen molar-refractivity contribution < 1.29 is 13.9 Å². The molecule has 3 aliphatic rings. The third-order valence-electron chi connectivity index (χ3n) is 6.25. The largest absolute Gasteiger partial charge is 0.473 e. The summed E-state index contributed by atoms with van der Waals surface area (Å²) in [4.78, 5) is 33.2. The fraction of sp³-hybridized carbons (Fsp3) is 0.476. The molecule has 3 heterocycles. The van der Waals surface area contributed by atoms with E-state index in [0.717, 1.165) is 24.2 Å². The number of nitrogens with zero attached hydrogens (tertiary/aromatic N) is 4. The first-order chi connectivity index (χ1) is 14.3. The number of hydrogen-bond donors (Lipinski definition) is 1. The third kappa shape index (κ3) is 3.23. The van der Waals surface area contributed by atoms with Crippen LogP contribution in [-0.2, 0) is 17.9 Å². The predicted octanol–water partition coefficient (Wildman–Crippen LogP) is 0.792. The highest BCUT2D eigenvalue weighted by Crippen LogP contribution is 2.36. The van der Waals surface area contributed by atoms with Crippen molar-refractivity contribution >= 4 is 11.7 Å². The van der Waals surface area contributed by atoms with Crippen LogP contribution in [-0.4, -0.2) is 51.6 Å². The maximum absolute atomic E-state index is 13.4. The maximum Gasteiger partial charge on any atom is 0.352 e. The molecule has 1 atom stereocenters. The van der Waals surface area contributed by atoms with Crippen LogP contribution in [0.5, 0.6) is 5.88 Å². The van der Waals surface area contributed by atoms with E-state index in [4.69, 9.17) is 10.5 Å². The smallest absolute Gasteiger partial charge is 0.352 e. The highest BCUT2D eigenvalue weighted by molar-refractivity contribution is 5.89. The molecule has 2 aromatic rings. The summed E-state index contributed by atoms with van der Waals surface area (Å²) in [6.07, 6.45) is 1.49. The number of carbonyl (C=O) groups excluding carboxylic acids is 1. The molecule has 2 fully saturated rings. The number of aromatic nitrogens is 2. The molecule has 0 bridgehead atoms. The standard InChI is InChI=1S/C21H24FN5O3/c1-13-8-14(2-3-16(13)22)12-30-17-9-18-26-7-6-25(19(28)21(23)4-5-21)10-15(26)11-27(18)20(29)24-17/h2-3,8-9,15H,4-7,10-12,23H2,1H3. The summed E-state index contributed by atoms with van der Waals surface area (Å²) in [7, 11) is 0. The number of carbonyl (C=O) groups is 1. The van der Waals surface area contributed by atoms with Crippen molar-refractivity contribution in [2.24, 2.45) is 5.73 Å². The normalized spacial score (nSPS) is 21.2. The number of hydrogen-bond acceptors (Lipinski definition) is 6. The van der Waals surface area contributed by atoms with E-state index in [1.165, 1.54) is 6.07 Å². The van der Waals surface area contributed by atoms with Gasteiger partial charge < -0.3 is 20.3 Å². The van der Waals surface area contributed by atoms with Gasteiger partial charge in [0.1, 0.15) is 18.2 Å². The fourth-order valence-corrected chi connectivity index (χ4v) is 4.28. The van der Waals surface area contributed by atoms with Gasteiger partial charge in [0.15, 0.2) is 0 Å². The molecular formula is C21H24FN5O3. The molecule has 1 aromatic carbocycles. The Kier molecular flexibility index (Phi) is 4.32. The highest BCUT2D eigenvalue weighted by atomic mass is 19.1. The second-order valence-electron chi connectivity index (χ2n) is 8.47. The highest BCUT2D eigenvalue weighted by Gasteiger charge is 2.49. The Bertz CT molecular complexity index is 1080. The van der Waals surface area contributed by atoms with Gasteiger partial charge in [0.05, 0.1) is 18.1 Å². The van der Waals surface area contributed by atoms with Crippen LogP contribution < -0.4 is 21.1 Å². The number of anilines is 1. The Morgan fingerprint density at radius 3 is 2.83 bits per heavy atom. The summed E-state index contributed by atoms with van der Waals surface area (Å²) in [5, 5.41) is 0. The average molecular weight is 413 g/mol. The first-order valence-corrected chi connectivity index (χ1v) is 10.2. The number of rotatable bonds is 4. The SMILES string of the molecule is Cc1cc(COc2cc3n(c(=O)n2)CC2CN(C(=O)C4(N)CC4)CCN32)ccc1F. The summed E-state index contributed by atoms with van der Waals surface area (Å²) < 4.78 is 20.8. The van der Waals surface area contributed by atoms with E-state index in [2.05, 4.69) is 9.88 Å². The maximum atomic E-state index is 13.4. The minimum atomic E-state index is -0.675. The molecule has 158 valence electrons. The second kappa shape index (κ2) is 6.80. The van der Waals surface area contributed by atoms with E-state index in [-0.39, 0.29) is 35.9 Å². The molecule has 1 unspecified atom stereocenters. The van der Waals surface area contributed by atoms with Gasteiger partial charge in [-0.2, -0.15) is 4.98 Å². The van der Waals surface area contributed by atoms with Gasteiger partial charge in [0.2, 0.25) is 11.8 Å². The van der Waals surface area contributed by atoms with Gasteiger partial charge in [0, 0.05) is 25.7 Å². The minimum Gasteiger partial charge on any atom is -0.473 e. The summed E-state index contributed by atoms with van der Waals surface area (Å²) >= 11 is 0. The van der Waals surface area contributed by atoms with Gasteiger partial charge in [-0.3, -0.25) is 9.36 Å². The zero-order valence-corrected chi connectivity index (χ0v) is 16.8. The fourth-order valence-electron chi connectivity index (χ4n) is 4.28. The van der Waals surface area contributed by atoms with E-state index < -0.39 is 5.54 Å². The van der Waals surface area contributed by atoms with Crippen molar-refractivity contribution in [1.82, 2.24) is 14.5 Å². The first kappa shape index (κ1) is 19.0. The predicted molar refractivity (Wildman–Crippen MR) is 108 cm³/mol. The zero-order chi connectivity index (χ0) is 21.0. The topological polar surface area (TPSA) is 93.7 Å². The van der Waals surface area contributed by atoms with Crippen LogP contribution in [0.4, 0.5) is 10.2 Å². The van der Waals surface area contributed by atoms with Crippen molar-refractivity contribution in [3.8, 4) is 5.88 Å². The van der Waals surface area contributed by atoms with Gasteiger partial charge in [0.25, 0.3) is 0 Å². The molecule has 5 rings (SSSR count). The average Bonchev–Trinajstić information content (AvgIpc) is 3.37. The number of halogens is 1. The molecule has 2 aliphatic heterocycles. The van der Waals surface area contributed by atoms with Gasteiger partial charge in [-0.15, -0.1) is 0 Å². The molecular weight excluding hydrogens is 389 g/mol. The number of nitrogens with two attached hydrogens (primary N) is 1. The Morgan fingerprint density at radius 2 is 2.10 bits per heavy atom. The van der Waals surface area contributed by atoms with Crippen LogP contribution >= 0.6 is 0 Å². The molecule has 30 heavy (non-hydrogen) atoms. The van der Waals surface area contributed by atoms with E-state index in [1.54, 1.807) is 29.7 Å². The lowest BCUT2D eigenvalue weighted by Crippen LogP contribution is -2.57. The Hall–Kier alpha value is -2.94. The van der Waals surface area contributed by atoms with Crippen LogP contribution in [0.1, 0.15) is 24.0 Å². The summed E-state index contributed by atoms with van der Waals surface area (Å²) in [5.74, 6) is 0.748. The molecule has 1 amide bonds. The lowest BCUT2D eigenvalue weighted by molar-refractivity contribution is -0.134. The molecule has 0 spiro atoms. The summed E-state index contributed by atoms with van der Waals surface area (Å²) in [5.41, 5.74) is 6.37. The molecule has 8 nitrogen and oxygen atoms in total. The van der Waals surface area contributed by atoms with Crippen molar-refractivity contribution in [2.45, 2.75) is 44.5 Å². The number of benzene rings is 1. The van der Waals surface area contributed by atoms with E-state index >= 15 is 0 Å². The van der Waals surface area contributed by atoms with E-state index in [0.29, 0.717) is 31.7 Å². The monoisotopic (exact) mass is 413 g/mol. The zero-order valence-electron chi connectivity index (χ0n) is 16.8. The second-order valence-corrected chi connectivity index (χ2v) is 8.47. The summed E-state index contributed by atoms with van der Waals surface area (Å²) in [6, 6.07) is 6.55. The Morgan fingerprint density at radius 1 is 1.30 bits per heavy atom. The third-order valence-corrected chi connectivity index (χ3v) is 6.25.